The Labute approximate surface area is 122 Å². The van der Waals surface area contributed by atoms with Gasteiger partial charge in [-0.2, -0.15) is 0 Å². The number of carbonyl (C=O) groups is 1. The Bertz CT molecular complexity index is 422. The van der Waals surface area contributed by atoms with E-state index in [1.54, 1.807) is 0 Å². The van der Waals surface area contributed by atoms with E-state index in [1.807, 2.05) is 38.1 Å². The van der Waals surface area contributed by atoms with Crippen LogP contribution in [0.5, 0.6) is 5.75 Å². The number of hydrogen-bond donors (Lipinski definition) is 2. The highest BCUT2D eigenvalue weighted by Crippen LogP contribution is 2.23. The minimum Gasteiger partial charge on any atom is -0.492 e. The van der Waals surface area contributed by atoms with Gasteiger partial charge in [0.2, 0.25) is 5.91 Å². The zero-order valence-corrected chi connectivity index (χ0v) is 13.0. The number of amides is 1. The monoisotopic (exact) mass is 328 g/mol. The van der Waals surface area contributed by atoms with Gasteiger partial charge in [-0.05, 0) is 48.3 Å². The maximum Gasteiger partial charge on any atom is 0.220 e. The van der Waals surface area contributed by atoms with E-state index >= 15 is 0 Å². The first kappa shape index (κ1) is 16.0. The third-order valence-electron chi connectivity index (χ3n) is 2.63. The van der Waals surface area contributed by atoms with Crippen LogP contribution in [0.2, 0.25) is 0 Å². The van der Waals surface area contributed by atoms with Crippen molar-refractivity contribution >= 4 is 21.8 Å². The number of nitrogens with two attached hydrogens (primary N) is 1. The molecule has 0 aliphatic carbocycles. The van der Waals surface area contributed by atoms with Crippen LogP contribution in [-0.4, -0.2) is 24.6 Å². The fourth-order valence-corrected chi connectivity index (χ4v) is 1.87. The quantitative estimate of drug-likeness (QED) is 0.756. The summed E-state index contributed by atoms with van der Waals surface area (Å²) in [7, 11) is 0. The third-order valence-corrected chi connectivity index (χ3v) is 3.29. The van der Waals surface area contributed by atoms with Crippen molar-refractivity contribution < 1.29 is 9.53 Å². The second-order valence-electron chi connectivity index (χ2n) is 5.02. The van der Waals surface area contributed by atoms with Gasteiger partial charge in [-0.1, -0.05) is 12.1 Å². The lowest BCUT2D eigenvalue weighted by atomic mass is 10.1. The zero-order valence-electron chi connectivity index (χ0n) is 11.4. The van der Waals surface area contributed by atoms with Crippen LogP contribution < -0.4 is 15.8 Å². The summed E-state index contributed by atoms with van der Waals surface area (Å²) in [5.41, 5.74) is 5.21. The molecule has 106 valence electrons. The zero-order chi connectivity index (χ0) is 14.3. The fraction of sp³-hybridized carbons (Fsp3) is 0.500. The lowest BCUT2D eigenvalue weighted by molar-refractivity contribution is -0.122. The Hall–Kier alpha value is -1.07. The molecule has 0 bridgehead atoms. The van der Waals surface area contributed by atoms with Gasteiger partial charge in [0.15, 0.2) is 0 Å². The molecule has 1 aromatic carbocycles. The van der Waals surface area contributed by atoms with Crippen molar-refractivity contribution in [1.82, 2.24) is 5.32 Å². The van der Waals surface area contributed by atoms with Crippen molar-refractivity contribution in [2.75, 3.05) is 13.2 Å². The molecule has 1 aromatic rings. The number of benzene rings is 1. The molecular formula is C14H21BrN2O2. The van der Waals surface area contributed by atoms with Gasteiger partial charge in [0, 0.05) is 18.5 Å². The average Bonchev–Trinajstić information content (AvgIpc) is 2.36. The Morgan fingerprint density at radius 3 is 2.74 bits per heavy atom. The Kier molecular flexibility index (Phi) is 6.31. The van der Waals surface area contributed by atoms with Gasteiger partial charge in [0.05, 0.1) is 11.1 Å². The Morgan fingerprint density at radius 1 is 1.42 bits per heavy atom. The van der Waals surface area contributed by atoms with E-state index in [9.17, 15) is 4.79 Å². The number of hydrogen-bond acceptors (Lipinski definition) is 3. The predicted octanol–water partition coefficient (Wildman–Crippen LogP) is 2.46. The van der Waals surface area contributed by atoms with Gasteiger partial charge in [-0.15, -0.1) is 0 Å². The van der Waals surface area contributed by atoms with Crippen molar-refractivity contribution in [3.63, 3.8) is 0 Å². The van der Waals surface area contributed by atoms with Gasteiger partial charge in [0.25, 0.3) is 0 Å². The molecule has 1 amide bonds. The second-order valence-corrected chi connectivity index (χ2v) is 5.87. The van der Waals surface area contributed by atoms with Gasteiger partial charge in [-0.3, -0.25) is 4.79 Å². The van der Waals surface area contributed by atoms with Crippen LogP contribution >= 0.6 is 15.9 Å². The predicted molar refractivity (Wildman–Crippen MR) is 80.1 cm³/mol. The minimum absolute atomic E-state index is 0.00572. The molecule has 0 saturated heterocycles. The van der Waals surface area contributed by atoms with Crippen LogP contribution in [0.3, 0.4) is 0 Å². The van der Waals surface area contributed by atoms with Crippen molar-refractivity contribution in [2.45, 2.75) is 32.2 Å². The number of nitrogens with one attached hydrogen (secondary N) is 1. The highest BCUT2D eigenvalue weighted by molar-refractivity contribution is 9.10. The maximum absolute atomic E-state index is 11.7. The van der Waals surface area contributed by atoms with Crippen molar-refractivity contribution in [2.24, 2.45) is 5.73 Å². The van der Waals surface area contributed by atoms with Crippen LogP contribution in [0.25, 0.3) is 0 Å². The van der Waals surface area contributed by atoms with Crippen molar-refractivity contribution in [3.8, 4) is 5.75 Å². The molecule has 0 spiro atoms. The van der Waals surface area contributed by atoms with Crippen LogP contribution in [0.15, 0.2) is 28.7 Å². The second kappa shape index (κ2) is 7.50. The van der Waals surface area contributed by atoms with E-state index in [0.717, 1.165) is 10.2 Å². The van der Waals surface area contributed by atoms with Gasteiger partial charge < -0.3 is 15.8 Å². The van der Waals surface area contributed by atoms with E-state index in [4.69, 9.17) is 10.5 Å². The van der Waals surface area contributed by atoms with Crippen LogP contribution in [0.1, 0.15) is 26.7 Å². The van der Waals surface area contributed by atoms with Crippen molar-refractivity contribution in [1.29, 1.82) is 0 Å². The average molecular weight is 329 g/mol. The summed E-state index contributed by atoms with van der Waals surface area (Å²) in [6.07, 6.45) is 1.11. The number of halogens is 1. The Morgan fingerprint density at radius 2 is 2.11 bits per heavy atom. The third kappa shape index (κ3) is 6.07. The molecule has 0 aromatic heterocycles. The molecule has 0 fully saturated rings. The standard InChI is InChI=1S/C14H21BrN2O2/c1-14(2,10-16)17-13(18)8-5-9-19-12-7-4-3-6-11(12)15/h3-4,6-7H,5,8-10,16H2,1-2H3,(H,17,18). The normalized spacial score (nSPS) is 11.2. The summed E-state index contributed by atoms with van der Waals surface area (Å²) in [5.74, 6) is 0.802. The molecule has 0 radical (unpaired) electrons. The smallest absolute Gasteiger partial charge is 0.220 e. The number of carbonyl (C=O) groups excluding carboxylic acids is 1. The SMILES string of the molecule is CC(C)(CN)NC(=O)CCCOc1ccccc1Br. The van der Waals surface area contributed by atoms with Crippen LogP contribution in [0, 0.1) is 0 Å². The molecule has 0 atom stereocenters. The van der Waals surface area contributed by atoms with E-state index < -0.39 is 0 Å². The lowest BCUT2D eigenvalue weighted by Crippen LogP contribution is -2.48. The summed E-state index contributed by atoms with van der Waals surface area (Å²) in [4.78, 5) is 11.7. The molecule has 5 heteroatoms. The van der Waals surface area contributed by atoms with Gasteiger partial charge in [-0.25, -0.2) is 0 Å². The molecule has 1 rings (SSSR count). The first-order valence-corrected chi connectivity index (χ1v) is 7.12. The molecule has 0 aliphatic heterocycles. The molecule has 0 aliphatic rings. The number of para-hydroxylation sites is 1. The topological polar surface area (TPSA) is 64.3 Å². The first-order valence-electron chi connectivity index (χ1n) is 6.33. The van der Waals surface area contributed by atoms with Crippen LogP contribution in [0.4, 0.5) is 0 Å². The fourth-order valence-electron chi connectivity index (χ4n) is 1.47. The molecule has 0 unspecified atom stereocenters. The van der Waals surface area contributed by atoms with Gasteiger partial charge >= 0.3 is 0 Å². The summed E-state index contributed by atoms with van der Waals surface area (Å²) in [6, 6.07) is 7.66. The molecule has 19 heavy (non-hydrogen) atoms. The maximum atomic E-state index is 11.7. The minimum atomic E-state index is -0.347. The molecule has 0 saturated carbocycles. The lowest BCUT2D eigenvalue weighted by Gasteiger charge is -2.24. The van der Waals surface area contributed by atoms with Crippen molar-refractivity contribution in [3.05, 3.63) is 28.7 Å². The molecular weight excluding hydrogens is 308 g/mol. The molecule has 0 heterocycles. The van der Waals surface area contributed by atoms with E-state index in [2.05, 4.69) is 21.2 Å². The van der Waals surface area contributed by atoms with Crippen LogP contribution in [-0.2, 0) is 4.79 Å². The summed E-state index contributed by atoms with van der Waals surface area (Å²) >= 11 is 3.41. The Balaban J connectivity index is 2.25. The highest BCUT2D eigenvalue weighted by Gasteiger charge is 2.17. The number of rotatable bonds is 7. The van der Waals surface area contributed by atoms with E-state index in [1.165, 1.54) is 0 Å². The summed E-state index contributed by atoms with van der Waals surface area (Å²) < 4.78 is 6.51. The summed E-state index contributed by atoms with van der Waals surface area (Å²) in [6.45, 7) is 4.75. The van der Waals surface area contributed by atoms with Gasteiger partial charge in [0.1, 0.15) is 5.75 Å². The number of ether oxygens (including phenoxy) is 1. The molecule has 4 nitrogen and oxygen atoms in total. The summed E-state index contributed by atoms with van der Waals surface area (Å²) in [5, 5.41) is 2.89. The van der Waals surface area contributed by atoms with E-state index in [-0.39, 0.29) is 11.4 Å². The largest absolute Gasteiger partial charge is 0.492 e. The highest BCUT2D eigenvalue weighted by atomic mass is 79.9. The first-order chi connectivity index (χ1) is 8.94. The molecule has 3 N–H and O–H groups in total. The van der Waals surface area contributed by atoms with E-state index in [0.29, 0.717) is 26.0 Å².